The molecule has 1 aromatic carbocycles. The molecule has 0 aromatic heterocycles. The molecule has 0 spiro atoms. The van der Waals surface area contributed by atoms with Crippen molar-refractivity contribution >= 4 is 5.69 Å². The average Bonchev–Trinajstić information content (AvgIpc) is 2.38. The van der Waals surface area contributed by atoms with Crippen molar-refractivity contribution in [3.05, 3.63) is 29.8 Å². The summed E-state index contributed by atoms with van der Waals surface area (Å²) in [6.45, 7) is 0.560. The Morgan fingerprint density at radius 3 is 2.78 bits per heavy atom. The molecule has 0 saturated carbocycles. The van der Waals surface area contributed by atoms with Crippen LogP contribution in [-0.4, -0.2) is 24.4 Å². The number of nitrogens with zero attached hydrogens (tertiary/aromatic N) is 1. The highest BCUT2D eigenvalue weighted by atomic mass is 19.4. The number of alkyl halides is 3. The van der Waals surface area contributed by atoms with Gasteiger partial charge in [-0.3, -0.25) is 0 Å². The Bertz CT molecular complexity index is 405. The maximum atomic E-state index is 12.7. The Kier molecular flexibility index (Phi) is 3.80. The van der Waals surface area contributed by atoms with Gasteiger partial charge >= 0.3 is 6.18 Å². The molecule has 100 valence electrons. The normalized spacial score (nSPS) is 21.1. The Morgan fingerprint density at radius 2 is 2.11 bits per heavy atom. The van der Waals surface area contributed by atoms with Crippen molar-refractivity contribution < 1.29 is 18.3 Å². The summed E-state index contributed by atoms with van der Waals surface area (Å²) in [5.74, 6) is -1.25. The van der Waals surface area contributed by atoms with E-state index in [2.05, 4.69) is 0 Å². The number of anilines is 1. The highest BCUT2D eigenvalue weighted by molar-refractivity contribution is 5.49. The van der Waals surface area contributed by atoms with Gasteiger partial charge in [-0.05, 0) is 30.5 Å². The van der Waals surface area contributed by atoms with Crippen LogP contribution in [0.4, 0.5) is 18.9 Å². The fraction of sp³-hybridized carbons (Fsp3) is 0.538. The van der Waals surface area contributed by atoms with E-state index >= 15 is 0 Å². The summed E-state index contributed by atoms with van der Waals surface area (Å²) in [4.78, 5) is 1.75. The lowest BCUT2D eigenvalue weighted by Gasteiger charge is -2.35. The van der Waals surface area contributed by atoms with Crippen molar-refractivity contribution in [1.29, 1.82) is 0 Å². The van der Waals surface area contributed by atoms with E-state index in [0.717, 1.165) is 11.3 Å². The standard InChI is InChI=1S/C13H16F3NO/c14-13(15,16)11-4-2-6-17(8-11)12-5-1-3-10(7-12)9-18/h1,3,5,7,11,18H,2,4,6,8-9H2. The number of aliphatic hydroxyl groups is 1. The summed E-state index contributed by atoms with van der Waals surface area (Å²) in [7, 11) is 0. The molecule has 0 radical (unpaired) electrons. The van der Waals surface area contributed by atoms with Crippen LogP contribution in [0.25, 0.3) is 0 Å². The van der Waals surface area contributed by atoms with Gasteiger partial charge in [0.2, 0.25) is 0 Å². The van der Waals surface area contributed by atoms with Crippen LogP contribution < -0.4 is 4.90 Å². The number of rotatable bonds is 2. The predicted octanol–water partition coefficient (Wildman–Crippen LogP) is 2.96. The third-order valence-electron chi connectivity index (χ3n) is 3.34. The number of piperidine rings is 1. The summed E-state index contributed by atoms with van der Waals surface area (Å²) >= 11 is 0. The molecule has 0 bridgehead atoms. The molecule has 1 unspecified atom stereocenters. The summed E-state index contributed by atoms with van der Waals surface area (Å²) in [5, 5.41) is 9.04. The lowest BCUT2D eigenvalue weighted by molar-refractivity contribution is -0.175. The van der Waals surface area contributed by atoms with E-state index in [4.69, 9.17) is 5.11 Å². The third-order valence-corrected chi connectivity index (χ3v) is 3.34. The van der Waals surface area contributed by atoms with Gasteiger partial charge in [-0.25, -0.2) is 0 Å². The lowest BCUT2D eigenvalue weighted by atomic mass is 9.97. The van der Waals surface area contributed by atoms with Gasteiger partial charge in [0.05, 0.1) is 12.5 Å². The molecule has 1 atom stereocenters. The second-order valence-corrected chi connectivity index (χ2v) is 4.65. The molecule has 1 fully saturated rings. The van der Waals surface area contributed by atoms with Gasteiger partial charge in [0.15, 0.2) is 0 Å². The molecule has 1 heterocycles. The van der Waals surface area contributed by atoms with E-state index in [1.165, 1.54) is 0 Å². The molecule has 0 amide bonds. The molecule has 1 saturated heterocycles. The summed E-state index contributed by atoms with van der Waals surface area (Å²) in [6, 6.07) is 7.06. The van der Waals surface area contributed by atoms with Gasteiger partial charge in [0.1, 0.15) is 0 Å². The highest BCUT2D eigenvalue weighted by Gasteiger charge is 2.41. The zero-order chi connectivity index (χ0) is 13.2. The minimum absolute atomic E-state index is 0.0123. The Morgan fingerprint density at radius 1 is 1.33 bits per heavy atom. The van der Waals surface area contributed by atoms with Gasteiger partial charge in [-0.1, -0.05) is 12.1 Å². The van der Waals surface area contributed by atoms with Crippen LogP contribution in [0.2, 0.25) is 0 Å². The van der Waals surface area contributed by atoms with Crippen molar-refractivity contribution in [2.45, 2.75) is 25.6 Å². The molecule has 5 heteroatoms. The lowest BCUT2D eigenvalue weighted by Crippen LogP contribution is -2.41. The minimum atomic E-state index is -4.12. The second-order valence-electron chi connectivity index (χ2n) is 4.65. The number of halogens is 3. The summed E-state index contributed by atoms with van der Waals surface area (Å²) in [6.07, 6.45) is -3.36. The number of aliphatic hydroxyl groups excluding tert-OH is 1. The SMILES string of the molecule is OCc1cccc(N2CCCC(C(F)(F)F)C2)c1. The van der Waals surface area contributed by atoms with E-state index < -0.39 is 12.1 Å². The number of benzene rings is 1. The molecular formula is C13H16F3NO. The van der Waals surface area contributed by atoms with Crippen LogP contribution >= 0.6 is 0 Å². The molecule has 1 aromatic rings. The molecule has 1 aliphatic heterocycles. The van der Waals surface area contributed by atoms with Gasteiger partial charge in [0.25, 0.3) is 0 Å². The van der Waals surface area contributed by atoms with Crippen molar-refractivity contribution in [2.75, 3.05) is 18.0 Å². The van der Waals surface area contributed by atoms with E-state index in [1.54, 1.807) is 29.2 Å². The van der Waals surface area contributed by atoms with Crippen molar-refractivity contribution in [1.82, 2.24) is 0 Å². The van der Waals surface area contributed by atoms with E-state index in [0.29, 0.717) is 13.0 Å². The van der Waals surface area contributed by atoms with Gasteiger partial charge in [-0.2, -0.15) is 13.2 Å². The van der Waals surface area contributed by atoms with E-state index in [9.17, 15) is 13.2 Å². The topological polar surface area (TPSA) is 23.5 Å². The van der Waals surface area contributed by atoms with Crippen LogP contribution in [0.5, 0.6) is 0 Å². The minimum Gasteiger partial charge on any atom is -0.392 e. The Labute approximate surface area is 104 Å². The molecule has 18 heavy (non-hydrogen) atoms. The molecule has 2 rings (SSSR count). The maximum absolute atomic E-state index is 12.7. The molecule has 1 N–H and O–H groups in total. The molecular weight excluding hydrogens is 243 g/mol. The predicted molar refractivity (Wildman–Crippen MR) is 63.4 cm³/mol. The largest absolute Gasteiger partial charge is 0.393 e. The Hall–Kier alpha value is -1.23. The number of hydrogen-bond donors (Lipinski definition) is 1. The summed E-state index contributed by atoms with van der Waals surface area (Å²) < 4.78 is 38.1. The first-order valence-electron chi connectivity index (χ1n) is 6.02. The Balaban J connectivity index is 2.13. The fourth-order valence-electron chi connectivity index (χ4n) is 2.33. The van der Waals surface area contributed by atoms with Crippen LogP contribution in [0.3, 0.4) is 0 Å². The number of hydrogen-bond acceptors (Lipinski definition) is 2. The van der Waals surface area contributed by atoms with Crippen molar-refractivity contribution in [2.24, 2.45) is 5.92 Å². The van der Waals surface area contributed by atoms with Crippen molar-refractivity contribution in [3.63, 3.8) is 0 Å². The van der Waals surface area contributed by atoms with Crippen LogP contribution in [-0.2, 0) is 6.61 Å². The first kappa shape index (κ1) is 13.2. The molecule has 2 nitrogen and oxygen atoms in total. The zero-order valence-corrected chi connectivity index (χ0v) is 9.95. The molecule has 0 aliphatic carbocycles. The highest BCUT2D eigenvalue weighted by Crippen LogP contribution is 2.34. The zero-order valence-electron chi connectivity index (χ0n) is 9.95. The first-order valence-corrected chi connectivity index (χ1v) is 6.02. The van der Waals surface area contributed by atoms with Crippen LogP contribution in [0.15, 0.2) is 24.3 Å². The smallest absolute Gasteiger partial charge is 0.392 e. The maximum Gasteiger partial charge on any atom is 0.393 e. The second kappa shape index (κ2) is 5.18. The third kappa shape index (κ3) is 2.96. The van der Waals surface area contributed by atoms with Crippen LogP contribution in [0.1, 0.15) is 18.4 Å². The molecule has 1 aliphatic rings. The van der Waals surface area contributed by atoms with E-state index in [1.807, 2.05) is 0 Å². The van der Waals surface area contributed by atoms with Crippen LogP contribution in [0, 0.1) is 5.92 Å². The quantitative estimate of drug-likeness (QED) is 0.882. The monoisotopic (exact) mass is 259 g/mol. The first-order chi connectivity index (χ1) is 8.50. The average molecular weight is 259 g/mol. The van der Waals surface area contributed by atoms with Gasteiger partial charge < -0.3 is 10.0 Å². The summed E-state index contributed by atoms with van der Waals surface area (Å²) in [5.41, 5.74) is 1.48. The van der Waals surface area contributed by atoms with Gasteiger partial charge in [-0.15, -0.1) is 0 Å². The fourth-order valence-corrected chi connectivity index (χ4v) is 2.33. The van der Waals surface area contributed by atoms with E-state index in [-0.39, 0.29) is 19.6 Å². The van der Waals surface area contributed by atoms with Gasteiger partial charge in [0, 0.05) is 18.8 Å². The van der Waals surface area contributed by atoms with Crippen molar-refractivity contribution in [3.8, 4) is 0 Å².